The number of carbonyl (C=O) groups is 1. The van der Waals surface area contributed by atoms with Gasteiger partial charge in [-0.15, -0.1) is 0 Å². The maximum absolute atomic E-state index is 13.0. The summed E-state index contributed by atoms with van der Waals surface area (Å²) in [6.07, 6.45) is 2.65. The maximum Gasteiger partial charge on any atom is 0.310 e. The van der Waals surface area contributed by atoms with Crippen LogP contribution in [0.4, 0.5) is 17.1 Å². The zero-order valence-electron chi connectivity index (χ0n) is 18.3. The Balaban J connectivity index is 1.42. The zero-order chi connectivity index (χ0) is 23.5. The van der Waals surface area contributed by atoms with Gasteiger partial charge < -0.3 is 15.5 Å². The van der Waals surface area contributed by atoms with Gasteiger partial charge in [0.1, 0.15) is 11.9 Å². The summed E-state index contributed by atoms with van der Waals surface area (Å²) in [5.41, 5.74) is 3.32. The van der Waals surface area contributed by atoms with E-state index in [0.29, 0.717) is 11.3 Å². The minimum atomic E-state index is -0.562. The lowest BCUT2D eigenvalue weighted by Gasteiger charge is -2.29. The molecular formula is C25H22N6O3. The molecule has 2 aromatic heterocycles. The number of nitrogens with zero attached hydrogens (tertiary/aromatic N) is 4. The van der Waals surface area contributed by atoms with Crippen LogP contribution in [-0.4, -0.2) is 47.0 Å². The van der Waals surface area contributed by atoms with Gasteiger partial charge in [-0.1, -0.05) is 36.4 Å². The molecule has 0 spiro atoms. The SMILES string of the molecule is O=C(Nc1cc(-c2ccccc2)ncc1[N+](=O)[O-])c1cnc2cc(N3CCNCC3)ccc2c1. The van der Waals surface area contributed by atoms with Crippen LogP contribution in [0.5, 0.6) is 0 Å². The van der Waals surface area contributed by atoms with Gasteiger partial charge in [0.05, 0.1) is 21.7 Å². The Hall–Kier alpha value is -4.37. The summed E-state index contributed by atoms with van der Waals surface area (Å²) in [6.45, 7) is 3.75. The molecule has 34 heavy (non-hydrogen) atoms. The fraction of sp³-hybridized carbons (Fsp3) is 0.160. The monoisotopic (exact) mass is 454 g/mol. The number of pyridine rings is 2. The number of aromatic nitrogens is 2. The average Bonchev–Trinajstić information content (AvgIpc) is 2.89. The fourth-order valence-electron chi connectivity index (χ4n) is 4.01. The molecule has 1 aliphatic rings. The summed E-state index contributed by atoms with van der Waals surface area (Å²) in [5, 5.41) is 18.3. The van der Waals surface area contributed by atoms with E-state index in [-0.39, 0.29) is 11.4 Å². The highest BCUT2D eigenvalue weighted by Crippen LogP contribution is 2.29. The van der Waals surface area contributed by atoms with Crippen LogP contribution >= 0.6 is 0 Å². The molecular weight excluding hydrogens is 432 g/mol. The summed E-state index contributed by atoms with van der Waals surface area (Å²) in [5.74, 6) is -0.478. The topological polar surface area (TPSA) is 113 Å². The van der Waals surface area contributed by atoms with Gasteiger partial charge in [0.15, 0.2) is 0 Å². The van der Waals surface area contributed by atoms with E-state index in [1.54, 1.807) is 6.07 Å². The van der Waals surface area contributed by atoms with E-state index < -0.39 is 10.8 Å². The largest absolute Gasteiger partial charge is 0.369 e. The molecule has 1 aliphatic heterocycles. The molecule has 5 rings (SSSR count). The normalized spacial score (nSPS) is 13.6. The van der Waals surface area contributed by atoms with Crippen molar-refractivity contribution in [2.45, 2.75) is 0 Å². The van der Waals surface area contributed by atoms with Crippen molar-refractivity contribution in [3.63, 3.8) is 0 Å². The standard InChI is InChI=1S/C25H22N6O3/c32-25(29-23-14-22(17-4-2-1-3-5-17)28-16-24(23)31(33)34)19-12-18-6-7-20(13-21(18)27-15-19)30-10-8-26-9-11-30/h1-7,12-16,26H,8-11H2,(H,28,29,32). The zero-order valence-corrected chi connectivity index (χ0v) is 18.3. The van der Waals surface area contributed by atoms with E-state index in [1.165, 1.54) is 12.3 Å². The molecule has 0 saturated carbocycles. The summed E-state index contributed by atoms with van der Waals surface area (Å²) in [7, 11) is 0. The molecule has 4 aromatic rings. The van der Waals surface area contributed by atoms with Crippen molar-refractivity contribution >= 4 is 33.9 Å². The minimum absolute atomic E-state index is 0.0815. The van der Waals surface area contributed by atoms with Gasteiger partial charge in [0, 0.05) is 49.0 Å². The number of fused-ring (bicyclic) bond motifs is 1. The van der Waals surface area contributed by atoms with E-state index in [0.717, 1.165) is 54.5 Å². The van der Waals surface area contributed by atoms with E-state index >= 15 is 0 Å². The van der Waals surface area contributed by atoms with Gasteiger partial charge in [-0.25, -0.2) is 4.98 Å². The second-order valence-corrected chi connectivity index (χ2v) is 8.00. The highest BCUT2D eigenvalue weighted by atomic mass is 16.6. The Labute approximate surface area is 195 Å². The van der Waals surface area contributed by atoms with Crippen molar-refractivity contribution in [2.75, 3.05) is 36.4 Å². The quantitative estimate of drug-likeness (QED) is 0.348. The van der Waals surface area contributed by atoms with Gasteiger partial charge in [-0.3, -0.25) is 19.9 Å². The van der Waals surface area contributed by atoms with Crippen LogP contribution in [0.3, 0.4) is 0 Å². The van der Waals surface area contributed by atoms with Gasteiger partial charge >= 0.3 is 5.69 Å². The molecule has 170 valence electrons. The number of rotatable bonds is 5. The van der Waals surface area contributed by atoms with Crippen LogP contribution in [0.2, 0.25) is 0 Å². The van der Waals surface area contributed by atoms with Crippen molar-refractivity contribution in [3.8, 4) is 11.3 Å². The third kappa shape index (κ3) is 4.41. The molecule has 1 amide bonds. The van der Waals surface area contributed by atoms with Crippen LogP contribution in [0.25, 0.3) is 22.2 Å². The van der Waals surface area contributed by atoms with E-state index in [9.17, 15) is 14.9 Å². The Kier molecular flexibility index (Phi) is 5.84. The van der Waals surface area contributed by atoms with Crippen LogP contribution in [0, 0.1) is 10.1 Å². The molecule has 1 saturated heterocycles. The molecule has 1 fully saturated rings. The van der Waals surface area contributed by atoms with Crippen molar-refractivity contribution in [2.24, 2.45) is 0 Å². The number of hydrogen-bond acceptors (Lipinski definition) is 7. The number of anilines is 2. The first kappa shape index (κ1) is 21.5. The molecule has 2 aromatic carbocycles. The van der Waals surface area contributed by atoms with Crippen molar-refractivity contribution in [3.05, 3.63) is 88.7 Å². The molecule has 0 bridgehead atoms. The van der Waals surface area contributed by atoms with E-state index in [2.05, 4.69) is 25.5 Å². The van der Waals surface area contributed by atoms with Gasteiger partial charge in [-0.2, -0.15) is 0 Å². The van der Waals surface area contributed by atoms with Gasteiger partial charge in [0.2, 0.25) is 0 Å². The highest BCUT2D eigenvalue weighted by molar-refractivity contribution is 6.07. The Morgan fingerprint density at radius 3 is 2.56 bits per heavy atom. The molecule has 3 heterocycles. The Morgan fingerprint density at radius 2 is 1.79 bits per heavy atom. The maximum atomic E-state index is 13.0. The number of hydrogen-bond donors (Lipinski definition) is 2. The van der Waals surface area contributed by atoms with Crippen molar-refractivity contribution in [1.29, 1.82) is 0 Å². The van der Waals surface area contributed by atoms with Crippen LogP contribution < -0.4 is 15.5 Å². The van der Waals surface area contributed by atoms with Crippen molar-refractivity contribution in [1.82, 2.24) is 15.3 Å². The first-order valence-electron chi connectivity index (χ1n) is 11.0. The molecule has 9 heteroatoms. The fourth-order valence-corrected chi connectivity index (χ4v) is 4.01. The molecule has 0 unspecified atom stereocenters. The lowest BCUT2D eigenvalue weighted by Crippen LogP contribution is -2.43. The van der Waals surface area contributed by atoms with Gasteiger partial charge in [0.25, 0.3) is 5.91 Å². The molecule has 0 aliphatic carbocycles. The molecule has 9 nitrogen and oxygen atoms in total. The van der Waals surface area contributed by atoms with Gasteiger partial charge in [-0.05, 0) is 24.3 Å². The van der Waals surface area contributed by atoms with Crippen molar-refractivity contribution < 1.29 is 9.72 Å². The summed E-state index contributed by atoms with van der Waals surface area (Å²) >= 11 is 0. The molecule has 2 N–H and O–H groups in total. The molecule has 0 radical (unpaired) electrons. The summed E-state index contributed by atoms with van der Waals surface area (Å²) < 4.78 is 0. The van der Waals surface area contributed by atoms with Crippen LogP contribution in [0.15, 0.2) is 73.1 Å². The molecule has 0 atom stereocenters. The summed E-state index contributed by atoms with van der Waals surface area (Å²) in [4.78, 5) is 34.9. The number of carbonyl (C=O) groups excluding carboxylic acids is 1. The minimum Gasteiger partial charge on any atom is -0.369 e. The Morgan fingerprint density at radius 1 is 1.00 bits per heavy atom. The number of amides is 1. The number of nitro groups is 1. The highest BCUT2D eigenvalue weighted by Gasteiger charge is 2.19. The Bertz CT molecular complexity index is 1370. The number of nitrogens with one attached hydrogen (secondary N) is 2. The number of piperazine rings is 1. The van der Waals surface area contributed by atoms with E-state index in [4.69, 9.17) is 0 Å². The smallest absolute Gasteiger partial charge is 0.310 e. The first-order valence-corrected chi connectivity index (χ1v) is 11.0. The number of benzene rings is 2. The predicted molar refractivity (Wildman–Crippen MR) is 131 cm³/mol. The first-order chi connectivity index (χ1) is 16.6. The second kappa shape index (κ2) is 9.24. The summed E-state index contributed by atoms with van der Waals surface area (Å²) in [6, 6.07) is 18.5. The van der Waals surface area contributed by atoms with Crippen LogP contribution in [-0.2, 0) is 0 Å². The third-order valence-corrected chi connectivity index (χ3v) is 5.81. The lowest BCUT2D eigenvalue weighted by molar-refractivity contribution is -0.384. The van der Waals surface area contributed by atoms with E-state index in [1.807, 2.05) is 48.5 Å². The van der Waals surface area contributed by atoms with Crippen LogP contribution in [0.1, 0.15) is 10.4 Å². The average molecular weight is 454 g/mol. The predicted octanol–water partition coefficient (Wildman–Crippen LogP) is 3.87. The lowest BCUT2D eigenvalue weighted by atomic mass is 10.1. The third-order valence-electron chi connectivity index (χ3n) is 5.81. The second-order valence-electron chi connectivity index (χ2n) is 8.00.